The quantitative estimate of drug-likeness (QED) is 0.695. The van der Waals surface area contributed by atoms with E-state index in [0.717, 1.165) is 15.4 Å². The molecule has 4 nitrogen and oxygen atoms in total. The van der Waals surface area contributed by atoms with Crippen LogP contribution in [0.25, 0.3) is 6.08 Å². The van der Waals surface area contributed by atoms with Crippen LogP contribution >= 0.6 is 23.4 Å². The largest absolute Gasteiger partial charge is 0.481 e. The Hall–Kier alpha value is -2.31. The zero-order chi connectivity index (χ0) is 20.1. The fourth-order valence-corrected chi connectivity index (χ4v) is 4.12. The first-order valence-corrected chi connectivity index (χ1v) is 10.0. The summed E-state index contributed by atoms with van der Waals surface area (Å²) in [7, 11) is 0. The van der Waals surface area contributed by atoms with E-state index in [1.54, 1.807) is 29.2 Å². The fraction of sp³-hybridized carbons (Fsp3) is 0.238. The second kappa shape index (κ2) is 9.26. The second-order valence-corrected chi connectivity index (χ2v) is 8.06. The molecule has 0 aliphatic carbocycles. The minimum absolute atomic E-state index is 0.148. The van der Waals surface area contributed by atoms with Gasteiger partial charge < -0.3 is 10.0 Å². The molecule has 0 saturated carbocycles. The van der Waals surface area contributed by atoms with Gasteiger partial charge in [-0.15, -0.1) is 0 Å². The highest BCUT2D eigenvalue weighted by Gasteiger charge is 2.25. The van der Waals surface area contributed by atoms with Gasteiger partial charge in [0.15, 0.2) is 0 Å². The molecule has 1 aliphatic heterocycles. The van der Waals surface area contributed by atoms with Crippen LogP contribution in [0.2, 0.25) is 5.02 Å². The molecule has 2 aromatic rings. The van der Waals surface area contributed by atoms with Crippen LogP contribution in [0.3, 0.4) is 0 Å². The topological polar surface area (TPSA) is 57.6 Å². The third kappa shape index (κ3) is 5.36. The van der Waals surface area contributed by atoms with E-state index in [1.165, 1.54) is 30.0 Å². The second-order valence-electron chi connectivity index (χ2n) is 6.51. The summed E-state index contributed by atoms with van der Waals surface area (Å²) in [5.74, 6) is -1.59. The SMILES string of the molecule is O=C(O)C1CCN(C(=O)/C=C/c2ccc(Sc3ccc(F)cc3)cc2Cl)CC1. The molecule has 0 radical (unpaired) electrons. The number of hydrogen-bond donors (Lipinski definition) is 1. The maximum absolute atomic E-state index is 13.0. The molecule has 1 amide bonds. The summed E-state index contributed by atoms with van der Waals surface area (Å²) in [6.45, 7) is 0.891. The van der Waals surface area contributed by atoms with Gasteiger partial charge in [-0.3, -0.25) is 9.59 Å². The Balaban J connectivity index is 1.60. The van der Waals surface area contributed by atoms with E-state index < -0.39 is 5.97 Å². The lowest BCUT2D eigenvalue weighted by Crippen LogP contribution is -2.39. The molecule has 0 atom stereocenters. The zero-order valence-corrected chi connectivity index (χ0v) is 16.5. The third-order valence-electron chi connectivity index (χ3n) is 4.58. The molecule has 146 valence electrons. The van der Waals surface area contributed by atoms with Gasteiger partial charge in [-0.2, -0.15) is 0 Å². The number of carboxylic acids is 1. The highest BCUT2D eigenvalue weighted by Crippen LogP contribution is 2.31. The van der Waals surface area contributed by atoms with Gasteiger partial charge in [-0.05, 0) is 60.9 Å². The maximum atomic E-state index is 13.0. The Morgan fingerprint density at radius 1 is 1.11 bits per heavy atom. The molecule has 0 spiro atoms. The van der Waals surface area contributed by atoms with Crippen LogP contribution in [0, 0.1) is 11.7 Å². The van der Waals surface area contributed by atoms with Crippen LogP contribution in [0.15, 0.2) is 58.3 Å². The van der Waals surface area contributed by atoms with Crippen LogP contribution in [0.5, 0.6) is 0 Å². The maximum Gasteiger partial charge on any atom is 0.306 e. The van der Waals surface area contributed by atoms with Gasteiger partial charge in [0.25, 0.3) is 0 Å². The molecule has 0 bridgehead atoms. The van der Waals surface area contributed by atoms with Crippen molar-refractivity contribution in [2.45, 2.75) is 22.6 Å². The van der Waals surface area contributed by atoms with Crippen molar-refractivity contribution in [2.75, 3.05) is 13.1 Å². The zero-order valence-electron chi connectivity index (χ0n) is 15.0. The highest BCUT2D eigenvalue weighted by atomic mass is 35.5. The molecular formula is C21H19ClFNO3S. The lowest BCUT2D eigenvalue weighted by atomic mass is 9.97. The van der Waals surface area contributed by atoms with Gasteiger partial charge in [0.2, 0.25) is 5.91 Å². The first kappa shape index (κ1) is 20.4. The Morgan fingerprint density at radius 3 is 2.36 bits per heavy atom. The number of halogens is 2. The van der Waals surface area contributed by atoms with Crippen molar-refractivity contribution in [1.82, 2.24) is 4.90 Å². The molecule has 0 aromatic heterocycles. The lowest BCUT2D eigenvalue weighted by Gasteiger charge is -2.29. The number of hydrogen-bond acceptors (Lipinski definition) is 3. The number of benzene rings is 2. The molecule has 28 heavy (non-hydrogen) atoms. The number of amides is 1. The van der Waals surface area contributed by atoms with Crippen LogP contribution in [0.4, 0.5) is 4.39 Å². The number of carbonyl (C=O) groups excluding carboxylic acids is 1. The summed E-state index contributed by atoms with van der Waals surface area (Å²) >= 11 is 7.80. The lowest BCUT2D eigenvalue weighted by molar-refractivity contribution is -0.144. The van der Waals surface area contributed by atoms with Crippen LogP contribution < -0.4 is 0 Å². The van der Waals surface area contributed by atoms with E-state index >= 15 is 0 Å². The average Bonchev–Trinajstić information content (AvgIpc) is 2.69. The van der Waals surface area contributed by atoms with Crippen molar-refractivity contribution < 1.29 is 19.1 Å². The number of piperidine rings is 1. The Bertz CT molecular complexity index is 893. The Labute approximate surface area is 172 Å². The fourth-order valence-electron chi connectivity index (χ4n) is 2.96. The minimum atomic E-state index is -0.798. The van der Waals surface area contributed by atoms with Crippen molar-refractivity contribution in [2.24, 2.45) is 5.92 Å². The van der Waals surface area contributed by atoms with Crippen LogP contribution in [-0.2, 0) is 9.59 Å². The Kier molecular flexibility index (Phi) is 6.75. The van der Waals surface area contributed by atoms with Crippen molar-refractivity contribution in [3.63, 3.8) is 0 Å². The van der Waals surface area contributed by atoms with E-state index in [9.17, 15) is 14.0 Å². The van der Waals surface area contributed by atoms with E-state index in [2.05, 4.69) is 0 Å². The van der Waals surface area contributed by atoms with E-state index in [4.69, 9.17) is 16.7 Å². The molecule has 1 saturated heterocycles. The average molecular weight is 420 g/mol. The molecule has 0 unspecified atom stereocenters. The summed E-state index contributed by atoms with van der Waals surface area (Å²) in [6.07, 6.45) is 4.09. The summed E-state index contributed by atoms with van der Waals surface area (Å²) < 4.78 is 13.0. The highest BCUT2D eigenvalue weighted by molar-refractivity contribution is 7.99. The molecule has 3 rings (SSSR count). The summed E-state index contributed by atoms with van der Waals surface area (Å²) in [5.41, 5.74) is 0.721. The molecule has 1 N–H and O–H groups in total. The normalized spacial score (nSPS) is 15.1. The van der Waals surface area contributed by atoms with E-state index in [1.807, 2.05) is 12.1 Å². The van der Waals surface area contributed by atoms with Crippen molar-refractivity contribution in [3.05, 3.63) is 64.9 Å². The van der Waals surface area contributed by atoms with Crippen LogP contribution in [0.1, 0.15) is 18.4 Å². The summed E-state index contributed by atoms with van der Waals surface area (Å²) in [5, 5.41) is 9.54. The van der Waals surface area contributed by atoms with Gasteiger partial charge in [0.1, 0.15) is 5.82 Å². The number of carboxylic acid groups (broad SMARTS) is 1. The monoisotopic (exact) mass is 419 g/mol. The van der Waals surface area contributed by atoms with Gasteiger partial charge in [0.05, 0.1) is 5.92 Å². The molecule has 1 aliphatic rings. The van der Waals surface area contributed by atoms with Gasteiger partial charge in [-0.1, -0.05) is 29.4 Å². The molecule has 7 heteroatoms. The van der Waals surface area contributed by atoms with Crippen LogP contribution in [-0.4, -0.2) is 35.0 Å². The van der Waals surface area contributed by atoms with Gasteiger partial charge >= 0.3 is 5.97 Å². The standard InChI is InChI=1S/C21H19ClFNO3S/c22-19-13-18(28-17-6-3-16(23)4-7-17)5-1-14(19)2-8-20(25)24-11-9-15(10-12-24)21(26)27/h1-8,13,15H,9-12H2,(H,26,27)/b8-2+. The smallest absolute Gasteiger partial charge is 0.306 e. The van der Waals surface area contributed by atoms with Crippen molar-refractivity contribution in [1.29, 1.82) is 0 Å². The molecule has 2 aromatic carbocycles. The van der Waals surface area contributed by atoms with Gasteiger partial charge in [0, 0.05) is 34.0 Å². The number of aliphatic carboxylic acids is 1. The van der Waals surface area contributed by atoms with Gasteiger partial charge in [-0.25, -0.2) is 4.39 Å². The Morgan fingerprint density at radius 2 is 1.75 bits per heavy atom. The third-order valence-corrected chi connectivity index (χ3v) is 5.91. The summed E-state index contributed by atoms with van der Waals surface area (Å²) in [4.78, 5) is 26.8. The first-order chi connectivity index (χ1) is 13.4. The van der Waals surface area contributed by atoms with Crippen molar-refractivity contribution in [3.8, 4) is 0 Å². The molecular weight excluding hydrogens is 401 g/mol. The van der Waals surface area contributed by atoms with E-state index in [0.29, 0.717) is 31.0 Å². The number of likely N-dealkylation sites (tertiary alicyclic amines) is 1. The predicted octanol–water partition coefficient (Wildman–Crippen LogP) is 4.97. The molecule has 1 fully saturated rings. The molecule has 1 heterocycles. The number of rotatable bonds is 5. The number of carbonyl (C=O) groups is 2. The minimum Gasteiger partial charge on any atom is -0.481 e. The summed E-state index contributed by atoms with van der Waals surface area (Å²) in [6, 6.07) is 11.7. The first-order valence-electron chi connectivity index (χ1n) is 8.85. The van der Waals surface area contributed by atoms with Crippen molar-refractivity contribution >= 4 is 41.3 Å². The number of nitrogens with zero attached hydrogens (tertiary/aromatic N) is 1. The predicted molar refractivity (Wildman–Crippen MR) is 108 cm³/mol. The van der Waals surface area contributed by atoms with E-state index in [-0.39, 0.29) is 17.6 Å².